The molecule has 0 radical (unpaired) electrons. The third kappa shape index (κ3) is 6.04. The molecule has 0 bridgehead atoms. The summed E-state index contributed by atoms with van der Waals surface area (Å²) < 4.78 is 26.9. The van der Waals surface area contributed by atoms with Crippen molar-refractivity contribution in [1.29, 1.82) is 0 Å². The van der Waals surface area contributed by atoms with E-state index in [2.05, 4.69) is 10.0 Å². The van der Waals surface area contributed by atoms with E-state index < -0.39 is 10.0 Å². The maximum Gasteiger partial charge on any atom is 0.253 e. The van der Waals surface area contributed by atoms with Gasteiger partial charge < -0.3 is 5.32 Å². The van der Waals surface area contributed by atoms with E-state index in [1.165, 1.54) is 0 Å². The number of para-hydroxylation sites is 1. The molecule has 0 spiro atoms. The summed E-state index contributed by atoms with van der Waals surface area (Å²) in [5.41, 5.74) is 1.53. The van der Waals surface area contributed by atoms with E-state index in [1.54, 1.807) is 24.3 Å². The highest BCUT2D eigenvalue weighted by Gasteiger charge is 2.18. The Kier molecular flexibility index (Phi) is 7.48. The van der Waals surface area contributed by atoms with Gasteiger partial charge in [0, 0.05) is 5.88 Å². The molecular weight excluding hydrogens is 372 g/mol. The number of sulfonamides is 1. The molecule has 1 atom stereocenters. The van der Waals surface area contributed by atoms with Crippen LogP contribution in [0.5, 0.6) is 0 Å². The first-order valence-electron chi connectivity index (χ1n) is 8.44. The molecule has 0 aliphatic rings. The summed E-state index contributed by atoms with van der Waals surface area (Å²) in [6.45, 7) is 1.88. The number of hydrogen-bond donors (Lipinski definition) is 2. The van der Waals surface area contributed by atoms with E-state index in [1.807, 2.05) is 37.3 Å². The molecule has 2 aromatic carbocycles. The molecule has 7 heteroatoms. The lowest BCUT2D eigenvalue weighted by Crippen LogP contribution is -2.28. The Labute approximate surface area is 159 Å². The van der Waals surface area contributed by atoms with E-state index in [0.717, 1.165) is 5.56 Å². The number of amides is 1. The van der Waals surface area contributed by atoms with Crippen LogP contribution in [0.1, 0.15) is 41.7 Å². The quantitative estimate of drug-likeness (QED) is 0.499. The Hall–Kier alpha value is -2.05. The number of carbonyl (C=O) groups excluding carboxylic acids is 1. The maximum atomic E-state index is 12.6. The zero-order valence-electron chi connectivity index (χ0n) is 14.6. The second-order valence-electron chi connectivity index (χ2n) is 5.97. The van der Waals surface area contributed by atoms with Crippen molar-refractivity contribution in [3.8, 4) is 0 Å². The van der Waals surface area contributed by atoms with Gasteiger partial charge in [-0.25, -0.2) is 8.42 Å². The van der Waals surface area contributed by atoms with E-state index in [9.17, 15) is 13.2 Å². The fourth-order valence-corrected chi connectivity index (χ4v) is 3.86. The minimum atomic E-state index is -3.53. The molecule has 0 saturated carbocycles. The molecule has 26 heavy (non-hydrogen) atoms. The molecule has 0 saturated heterocycles. The van der Waals surface area contributed by atoms with Gasteiger partial charge in [-0.15, -0.1) is 11.6 Å². The minimum Gasteiger partial charge on any atom is -0.345 e. The Bertz CT molecular complexity index is 826. The monoisotopic (exact) mass is 394 g/mol. The average molecular weight is 395 g/mol. The molecule has 0 heterocycles. The summed E-state index contributed by atoms with van der Waals surface area (Å²) in [6, 6.07) is 15.9. The van der Waals surface area contributed by atoms with E-state index in [4.69, 9.17) is 11.6 Å². The number of rotatable bonds is 9. The van der Waals surface area contributed by atoms with Crippen molar-refractivity contribution >= 4 is 33.2 Å². The van der Waals surface area contributed by atoms with Gasteiger partial charge in [-0.1, -0.05) is 42.5 Å². The van der Waals surface area contributed by atoms with Crippen LogP contribution in [0.2, 0.25) is 0 Å². The number of hydrogen-bond acceptors (Lipinski definition) is 3. The number of benzene rings is 2. The van der Waals surface area contributed by atoms with Crippen LogP contribution in [-0.4, -0.2) is 26.0 Å². The second kappa shape index (κ2) is 9.59. The van der Waals surface area contributed by atoms with E-state index in [-0.39, 0.29) is 29.0 Å². The van der Waals surface area contributed by atoms with Gasteiger partial charge >= 0.3 is 0 Å². The molecule has 0 unspecified atom stereocenters. The van der Waals surface area contributed by atoms with Crippen LogP contribution in [0.3, 0.4) is 0 Å². The lowest BCUT2D eigenvalue weighted by atomic mass is 10.1. The summed E-state index contributed by atoms with van der Waals surface area (Å²) in [6.07, 6.45) is 1.09. The van der Waals surface area contributed by atoms with Crippen molar-refractivity contribution in [2.24, 2.45) is 0 Å². The van der Waals surface area contributed by atoms with Crippen LogP contribution < -0.4 is 10.0 Å². The van der Waals surface area contributed by atoms with Gasteiger partial charge in [-0.05, 0) is 37.5 Å². The van der Waals surface area contributed by atoms with Gasteiger partial charge in [0.2, 0.25) is 10.0 Å². The zero-order valence-corrected chi connectivity index (χ0v) is 16.2. The predicted octanol–water partition coefficient (Wildman–Crippen LogP) is 3.94. The van der Waals surface area contributed by atoms with Crippen LogP contribution in [0.15, 0.2) is 54.6 Å². The lowest BCUT2D eigenvalue weighted by molar-refractivity contribution is 0.0941. The number of halogens is 1. The fraction of sp³-hybridized carbons (Fsp3) is 0.316. The molecule has 1 amide bonds. The van der Waals surface area contributed by atoms with Crippen LogP contribution in [0.25, 0.3) is 0 Å². The van der Waals surface area contributed by atoms with Crippen molar-refractivity contribution < 1.29 is 13.2 Å². The van der Waals surface area contributed by atoms with Crippen LogP contribution >= 0.6 is 11.6 Å². The topological polar surface area (TPSA) is 75.3 Å². The smallest absolute Gasteiger partial charge is 0.253 e. The van der Waals surface area contributed by atoms with Gasteiger partial charge in [0.05, 0.1) is 23.0 Å². The second-order valence-corrected chi connectivity index (χ2v) is 8.19. The number of nitrogens with one attached hydrogen (secondary N) is 2. The maximum absolute atomic E-state index is 12.6. The fourth-order valence-electron chi connectivity index (χ4n) is 2.47. The summed E-state index contributed by atoms with van der Waals surface area (Å²) in [5, 5.41) is 2.90. The standard InChI is InChI=1S/C19H23ClN2O3S/c1-15(16-9-3-2-4-10-16)21-19(23)17-11-5-6-12-18(17)22-26(24,25)14-8-7-13-20/h2-6,9-12,15,22H,7-8,13-14H2,1H3,(H,21,23)/t15-/m0/s1. The molecule has 2 rings (SSSR count). The largest absolute Gasteiger partial charge is 0.345 e. The van der Waals surface area contributed by atoms with Crippen molar-refractivity contribution in [2.75, 3.05) is 16.4 Å². The molecule has 5 nitrogen and oxygen atoms in total. The Morgan fingerprint density at radius 2 is 1.69 bits per heavy atom. The van der Waals surface area contributed by atoms with Gasteiger partial charge in [0.25, 0.3) is 5.91 Å². The highest BCUT2D eigenvalue weighted by molar-refractivity contribution is 7.92. The van der Waals surface area contributed by atoms with E-state index >= 15 is 0 Å². The Morgan fingerprint density at radius 3 is 2.38 bits per heavy atom. The molecule has 2 N–H and O–H groups in total. The number of carbonyl (C=O) groups is 1. The highest BCUT2D eigenvalue weighted by atomic mass is 35.5. The molecule has 0 fully saturated rings. The Morgan fingerprint density at radius 1 is 1.04 bits per heavy atom. The summed E-state index contributed by atoms with van der Waals surface area (Å²) in [7, 11) is -3.53. The van der Waals surface area contributed by atoms with E-state index in [0.29, 0.717) is 18.7 Å². The van der Waals surface area contributed by atoms with Crippen molar-refractivity contribution in [1.82, 2.24) is 5.32 Å². The summed E-state index contributed by atoms with van der Waals surface area (Å²) in [4.78, 5) is 12.6. The van der Waals surface area contributed by atoms with Crippen molar-refractivity contribution in [3.63, 3.8) is 0 Å². The van der Waals surface area contributed by atoms with Crippen molar-refractivity contribution in [2.45, 2.75) is 25.8 Å². The summed E-state index contributed by atoms with van der Waals surface area (Å²) in [5.74, 6) is 0.0579. The van der Waals surface area contributed by atoms with Crippen LogP contribution in [0.4, 0.5) is 5.69 Å². The zero-order chi connectivity index (χ0) is 19.0. The number of alkyl halides is 1. The minimum absolute atomic E-state index is 0.0317. The molecule has 0 aromatic heterocycles. The first-order valence-corrected chi connectivity index (χ1v) is 10.6. The van der Waals surface area contributed by atoms with Crippen LogP contribution in [0, 0.1) is 0 Å². The third-order valence-corrected chi connectivity index (χ3v) is 5.51. The molecule has 2 aromatic rings. The first-order chi connectivity index (χ1) is 12.4. The van der Waals surface area contributed by atoms with Gasteiger partial charge in [0.1, 0.15) is 0 Å². The SMILES string of the molecule is C[C@H](NC(=O)c1ccccc1NS(=O)(=O)CCCCCl)c1ccccc1. The highest BCUT2D eigenvalue weighted by Crippen LogP contribution is 2.19. The number of anilines is 1. The molecule has 0 aliphatic carbocycles. The average Bonchev–Trinajstić information content (AvgIpc) is 2.62. The van der Waals surface area contributed by atoms with Gasteiger partial charge in [-0.3, -0.25) is 9.52 Å². The predicted molar refractivity (Wildman–Crippen MR) is 106 cm³/mol. The summed E-state index contributed by atoms with van der Waals surface area (Å²) >= 11 is 5.59. The lowest BCUT2D eigenvalue weighted by Gasteiger charge is -2.17. The van der Waals surface area contributed by atoms with Gasteiger partial charge in [-0.2, -0.15) is 0 Å². The first kappa shape index (κ1) is 20.3. The molecule has 140 valence electrons. The molecule has 0 aliphatic heterocycles. The Balaban J connectivity index is 2.11. The van der Waals surface area contributed by atoms with Gasteiger partial charge in [0.15, 0.2) is 0 Å². The molecular formula is C19H23ClN2O3S. The number of unbranched alkanes of at least 4 members (excludes halogenated alkanes) is 1. The third-order valence-electron chi connectivity index (χ3n) is 3.88. The van der Waals surface area contributed by atoms with Crippen LogP contribution in [-0.2, 0) is 10.0 Å². The van der Waals surface area contributed by atoms with Crippen molar-refractivity contribution in [3.05, 3.63) is 65.7 Å². The normalized spacial score (nSPS) is 12.4.